The first-order valence-electron chi connectivity index (χ1n) is 6.82. The van der Waals surface area contributed by atoms with Crippen LogP contribution in [0.4, 0.5) is 0 Å². The summed E-state index contributed by atoms with van der Waals surface area (Å²) in [5.41, 5.74) is 0. The second kappa shape index (κ2) is 8.45. The topological polar surface area (TPSA) is 53.0 Å². The number of carbonyl (C=O) groups excluding carboxylic acids is 1. The summed E-state index contributed by atoms with van der Waals surface area (Å²) in [6.07, 6.45) is 3.05. The van der Waals surface area contributed by atoms with E-state index in [4.69, 9.17) is 9.84 Å². The number of aliphatic hydroxyl groups is 1. The monoisotopic (exact) mass is 258 g/mol. The maximum atomic E-state index is 12.0. The molecule has 0 aliphatic carbocycles. The van der Waals surface area contributed by atoms with Crippen LogP contribution in [0.5, 0.6) is 0 Å². The van der Waals surface area contributed by atoms with Gasteiger partial charge in [-0.05, 0) is 39.8 Å². The molecule has 5 nitrogen and oxygen atoms in total. The molecule has 1 saturated heterocycles. The van der Waals surface area contributed by atoms with Crippen LogP contribution in [-0.4, -0.2) is 73.4 Å². The first-order valence-corrected chi connectivity index (χ1v) is 6.82. The Labute approximate surface area is 110 Å². The molecule has 1 atom stereocenters. The summed E-state index contributed by atoms with van der Waals surface area (Å²) in [6, 6.07) is 0. The van der Waals surface area contributed by atoms with Gasteiger partial charge >= 0.3 is 0 Å². The largest absolute Gasteiger partial charge is 0.396 e. The molecule has 0 aromatic rings. The van der Waals surface area contributed by atoms with Crippen molar-refractivity contribution in [3.05, 3.63) is 0 Å². The van der Waals surface area contributed by atoms with Gasteiger partial charge in [-0.15, -0.1) is 0 Å². The van der Waals surface area contributed by atoms with Crippen LogP contribution < -0.4 is 0 Å². The van der Waals surface area contributed by atoms with E-state index in [1.54, 1.807) is 0 Å². The summed E-state index contributed by atoms with van der Waals surface area (Å²) in [6.45, 7) is 5.70. The number of amides is 1. The number of aliphatic hydroxyl groups excluding tert-OH is 1. The first kappa shape index (κ1) is 15.4. The van der Waals surface area contributed by atoms with Gasteiger partial charge in [0.25, 0.3) is 0 Å². The molecule has 1 aliphatic rings. The Hall–Kier alpha value is -0.650. The van der Waals surface area contributed by atoms with E-state index in [2.05, 4.69) is 4.90 Å². The van der Waals surface area contributed by atoms with E-state index >= 15 is 0 Å². The number of likely N-dealkylation sites (N-methyl/N-ethyl adjacent to an activating group) is 1. The van der Waals surface area contributed by atoms with E-state index in [0.29, 0.717) is 26.2 Å². The molecule has 1 rings (SSSR count). The number of nitrogens with zero attached hydrogens (tertiary/aromatic N) is 2. The predicted molar refractivity (Wildman–Crippen MR) is 70.4 cm³/mol. The molecular formula is C13H26N2O3. The van der Waals surface area contributed by atoms with Gasteiger partial charge in [0.2, 0.25) is 5.91 Å². The summed E-state index contributed by atoms with van der Waals surface area (Å²) in [7, 11) is 1.97. The summed E-state index contributed by atoms with van der Waals surface area (Å²) < 4.78 is 5.42. The highest BCUT2D eigenvalue weighted by molar-refractivity contribution is 5.78. The van der Waals surface area contributed by atoms with Crippen LogP contribution in [0.1, 0.15) is 26.2 Å². The third kappa shape index (κ3) is 5.80. The first-order chi connectivity index (χ1) is 8.63. The van der Waals surface area contributed by atoms with Crippen molar-refractivity contribution < 1.29 is 14.6 Å². The second-order valence-corrected chi connectivity index (χ2v) is 5.04. The highest BCUT2D eigenvalue weighted by Gasteiger charge is 2.21. The summed E-state index contributed by atoms with van der Waals surface area (Å²) in [5.74, 6) is 0.190. The molecule has 5 heteroatoms. The van der Waals surface area contributed by atoms with Crippen molar-refractivity contribution in [2.75, 3.05) is 46.4 Å². The summed E-state index contributed by atoms with van der Waals surface area (Å²) >= 11 is 0. The molecule has 1 N–H and O–H groups in total. The highest BCUT2D eigenvalue weighted by atomic mass is 16.5. The van der Waals surface area contributed by atoms with Gasteiger partial charge in [-0.1, -0.05) is 0 Å². The van der Waals surface area contributed by atoms with E-state index < -0.39 is 0 Å². The van der Waals surface area contributed by atoms with Crippen LogP contribution >= 0.6 is 0 Å². The van der Waals surface area contributed by atoms with Crippen LogP contribution in [-0.2, 0) is 9.53 Å². The Morgan fingerprint density at radius 1 is 1.44 bits per heavy atom. The lowest BCUT2D eigenvalue weighted by molar-refractivity contribution is -0.139. The molecule has 18 heavy (non-hydrogen) atoms. The molecule has 0 bridgehead atoms. The fourth-order valence-electron chi connectivity index (χ4n) is 2.13. The number of hydrogen-bond donors (Lipinski definition) is 1. The van der Waals surface area contributed by atoms with E-state index in [1.807, 2.05) is 18.9 Å². The van der Waals surface area contributed by atoms with Crippen molar-refractivity contribution in [1.29, 1.82) is 0 Å². The molecule has 1 fully saturated rings. The fraction of sp³-hybridized carbons (Fsp3) is 0.923. The van der Waals surface area contributed by atoms with Crippen molar-refractivity contribution in [2.45, 2.75) is 32.3 Å². The number of hydrogen-bond acceptors (Lipinski definition) is 4. The third-order valence-electron chi connectivity index (χ3n) is 3.20. The molecule has 1 heterocycles. The quantitative estimate of drug-likeness (QED) is 0.669. The zero-order valence-electron chi connectivity index (χ0n) is 11.6. The molecule has 106 valence electrons. The Kier molecular flexibility index (Phi) is 7.23. The molecule has 1 aliphatic heterocycles. The maximum Gasteiger partial charge on any atom is 0.236 e. The van der Waals surface area contributed by atoms with Gasteiger partial charge in [0.1, 0.15) is 0 Å². The van der Waals surface area contributed by atoms with Gasteiger partial charge in [0, 0.05) is 19.7 Å². The molecule has 1 unspecified atom stereocenters. The van der Waals surface area contributed by atoms with E-state index in [1.165, 1.54) is 0 Å². The Morgan fingerprint density at radius 3 is 2.89 bits per heavy atom. The van der Waals surface area contributed by atoms with Gasteiger partial charge in [-0.3, -0.25) is 9.69 Å². The fourth-order valence-corrected chi connectivity index (χ4v) is 2.13. The molecule has 0 aromatic carbocycles. The van der Waals surface area contributed by atoms with E-state index in [9.17, 15) is 4.79 Å². The lowest BCUT2D eigenvalue weighted by atomic mass is 10.2. The Balaban J connectivity index is 2.17. The smallest absolute Gasteiger partial charge is 0.236 e. The number of carbonyl (C=O) groups is 1. The van der Waals surface area contributed by atoms with Crippen LogP contribution in [0, 0.1) is 0 Å². The third-order valence-corrected chi connectivity index (χ3v) is 3.20. The van der Waals surface area contributed by atoms with Gasteiger partial charge < -0.3 is 14.7 Å². The van der Waals surface area contributed by atoms with Crippen molar-refractivity contribution in [3.63, 3.8) is 0 Å². The predicted octanol–water partition coefficient (Wildman–Crippen LogP) is 0.328. The molecule has 0 radical (unpaired) electrons. The summed E-state index contributed by atoms with van der Waals surface area (Å²) in [4.78, 5) is 16.0. The number of unbranched alkanes of at least 4 members (excludes halogenated alkanes) is 2. The molecule has 1 amide bonds. The zero-order chi connectivity index (χ0) is 13.4. The maximum absolute atomic E-state index is 12.0. The van der Waals surface area contributed by atoms with E-state index in [0.717, 1.165) is 25.8 Å². The normalized spacial score (nSPS) is 20.4. The lowest BCUT2D eigenvalue weighted by Crippen LogP contribution is -2.47. The van der Waals surface area contributed by atoms with Crippen molar-refractivity contribution >= 4 is 5.91 Å². The molecular weight excluding hydrogens is 232 g/mol. The second-order valence-electron chi connectivity index (χ2n) is 5.04. The van der Waals surface area contributed by atoms with Crippen molar-refractivity contribution in [1.82, 2.24) is 9.80 Å². The number of rotatable bonds is 7. The average Bonchev–Trinajstić information content (AvgIpc) is 2.34. The average molecular weight is 258 g/mol. The molecule has 0 aromatic heterocycles. The highest BCUT2D eigenvalue weighted by Crippen LogP contribution is 2.05. The van der Waals surface area contributed by atoms with Gasteiger partial charge in [0.05, 0.1) is 19.3 Å². The lowest BCUT2D eigenvalue weighted by Gasteiger charge is -2.32. The van der Waals surface area contributed by atoms with Crippen molar-refractivity contribution in [2.24, 2.45) is 0 Å². The van der Waals surface area contributed by atoms with Gasteiger partial charge in [0.15, 0.2) is 0 Å². The minimum Gasteiger partial charge on any atom is -0.396 e. The van der Waals surface area contributed by atoms with Crippen LogP contribution in [0.3, 0.4) is 0 Å². The SMILES string of the molecule is CC1CN(C(=O)CN(C)CCCCCO)CCO1. The Morgan fingerprint density at radius 2 is 2.22 bits per heavy atom. The van der Waals surface area contributed by atoms with Gasteiger partial charge in [-0.2, -0.15) is 0 Å². The van der Waals surface area contributed by atoms with Crippen LogP contribution in [0.2, 0.25) is 0 Å². The van der Waals surface area contributed by atoms with Crippen molar-refractivity contribution in [3.8, 4) is 0 Å². The Bertz CT molecular complexity index is 248. The van der Waals surface area contributed by atoms with Crippen LogP contribution in [0.15, 0.2) is 0 Å². The van der Waals surface area contributed by atoms with E-state index in [-0.39, 0.29) is 18.6 Å². The van der Waals surface area contributed by atoms with Gasteiger partial charge in [-0.25, -0.2) is 0 Å². The number of morpholine rings is 1. The zero-order valence-corrected chi connectivity index (χ0v) is 11.6. The minimum absolute atomic E-state index is 0.151. The minimum atomic E-state index is 0.151. The van der Waals surface area contributed by atoms with Crippen LogP contribution in [0.25, 0.3) is 0 Å². The molecule has 0 spiro atoms. The number of ether oxygens (including phenoxy) is 1. The molecule has 0 saturated carbocycles. The standard InChI is InChI=1S/C13H26N2O3/c1-12-10-15(7-9-18-12)13(17)11-14(2)6-4-3-5-8-16/h12,16H,3-11H2,1-2H3. The summed E-state index contributed by atoms with van der Waals surface area (Å²) in [5, 5.41) is 8.69.